The molecule has 2 fully saturated rings. The largest absolute Gasteiger partial charge is 0.356 e. The summed E-state index contributed by atoms with van der Waals surface area (Å²) >= 11 is 0. The normalized spacial score (nSPS) is 18.7. The SMILES string of the molecule is CCC1(CNC(=NC)NCc2cccc(CN3CCCC3=O)c2)CCC1.I. The molecule has 3 rings (SSSR count). The first-order chi connectivity index (χ1) is 12.6. The van der Waals surface area contributed by atoms with E-state index in [9.17, 15) is 4.79 Å². The van der Waals surface area contributed by atoms with E-state index in [4.69, 9.17) is 0 Å². The van der Waals surface area contributed by atoms with Crippen molar-refractivity contribution in [3.8, 4) is 0 Å². The molecule has 27 heavy (non-hydrogen) atoms. The van der Waals surface area contributed by atoms with Crippen LogP contribution in [0, 0.1) is 5.41 Å². The van der Waals surface area contributed by atoms with Gasteiger partial charge in [0.15, 0.2) is 5.96 Å². The average molecular weight is 484 g/mol. The minimum atomic E-state index is 0. The van der Waals surface area contributed by atoms with Crippen molar-refractivity contribution in [2.75, 3.05) is 20.1 Å². The number of hydrogen-bond acceptors (Lipinski definition) is 2. The lowest BCUT2D eigenvalue weighted by Gasteiger charge is -2.41. The number of amides is 1. The van der Waals surface area contributed by atoms with Crippen molar-refractivity contribution in [3.63, 3.8) is 0 Å². The highest BCUT2D eigenvalue weighted by Gasteiger charge is 2.34. The Balaban J connectivity index is 0.00000261. The Morgan fingerprint density at radius 1 is 1.22 bits per heavy atom. The van der Waals surface area contributed by atoms with Crippen molar-refractivity contribution in [1.82, 2.24) is 15.5 Å². The molecule has 6 heteroatoms. The van der Waals surface area contributed by atoms with Crippen LogP contribution >= 0.6 is 24.0 Å². The lowest BCUT2D eigenvalue weighted by molar-refractivity contribution is -0.128. The Morgan fingerprint density at radius 3 is 2.59 bits per heavy atom. The molecule has 2 N–H and O–H groups in total. The minimum Gasteiger partial charge on any atom is -0.356 e. The van der Waals surface area contributed by atoms with Gasteiger partial charge in [-0.2, -0.15) is 0 Å². The Bertz CT molecular complexity index is 652. The van der Waals surface area contributed by atoms with Crippen molar-refractivity contribution in [2.45, 2.75) is 58.5 Å². The van der Waals surface area contributed by atoms with Crippen LogP contribution < -0.4 is 10.6 Å². The van der Waals surface area contributed by atoms with Crippen molar-refractivity contribution in [2.24, 2.45) is 10.4 Å². The molecule has 0 spiro atoms. The van der Waals surface area contributed by atoms with Gasteiger partial charge in [-0.15, -0.1) is 24.0 Å². The first-order valence-corrected chi connectivity index (χ1v) is 9.94. The molecule has 5 nitrogen and oxygen atoms in total. The first-order valence-electron chi connectivity index (χ1n) is 9.94. The van der Waals surface area contributed by atoms with Crippen molar-refractivity contribution in [1.29, 1.82) is 0 Å². The number of halogens is 1. The lowest BCUT2D eigenvalue weighted by atomic mass is 9.67. The van der Waals surface area contributed by atoms with Crippen molar-refractivity contribution >= 4 is 35.8 Å². The van der Waals surface area contributed by atoms with Crippen LogP contribution in [0.5, 0.6) is 0 Å². The predicted molar refractivity (Wildman–Crippen MR) is 121 cm³/mol. The number of carbonyl (C=O) groups is 1. The molecular formula is C21H33IN4O. The van der Waals surface area contributed by atoms with Gasteiger partial charge in [0.05, 0.1) is 0 Å². The fourth-order valence-electron chi connectivity index (χ4n) is 3.94. The molecule has 1 amide bonds. The van der Waals surface area contributed by atoms with E-state index in [0.717, 1.165) is 38.6 Å². The van der Waals surface area contributed by atoms with E-state index in [2.05, 4.69) is 46.8 Å². The fraction of sp³-hybridized carbons (Fsp3) is 0.619. The molecule has 0 unspecified atom stereocenters. The number of rotatable bonds is 7. The van der Waals surface area contributed by atoms with E-state index < -0.39 is 0 Å². The van der Waals surface area contributed by atoms with Crippen LogP contribution in [0.15, 0.2) is 29.3 Å². The molecule has 1 saturated heterocycles. The van der Waals surface area contributed by atoms with Crippen LogP contribution in [-0.2, 0) is 17.9 Å². The van der Waals surface area contributed by atoms with Gasteiger partial charge >= 0.3 is 0 Å². The van der Waals surface area contributed by atoms with Gasteiger partial charge in [-0.1, -0.05) is 37.6 Å². The van der Waals surface area contributed by atoms with E-state index in [1.165, 1.54) is 36.8 Å². The summed E-state index contributed by atoms with van der Waals surface area (Å²) < 4.78 is 0. The number of guanidine groups is 1. The van der Waals surface area contributed by atoms with Gasteiger partial charge in [-0.05, 0) is 42.2 Å². The van der Waals surface area contributed by atoms with Gasteiger partial charge in [0.25, 0.3) is 0 Å². The monoisotopic (exact) mass is 484 g/mol. The van der Waals surface area contributed by atoms with E-state index in [1.807, 2.05) is 11.9 Å². The Kier molecular flexibility index (Phi) is 8.38. The molecule has 1 heterocycles. The van der Waals surface area contributed by atoms with Gasteiger partial charge in [-0.3, -0.25) is 9.79 Å². The molecule has 1 aliphatic carbocycles. The Labute approximate surface area is 180 Å². The zero-order valence-corrected chi connectivity index (χ0v) is 18.9. The Morgan fingerprint density at radius 2 is 2.00 bits per heavy atom. The number of aliphatic imine (C=N–C) groups is 1. The van der Waals surface area contributed by atoms with Crippen LogP contribution in [0.2, 0.25) is 0 Å². The second-order valence-corrected chi connectivity index (χ2v) is 7.73. The van der Waals surface area contributed by atoms with Crippen LogP contribution in [0.4, 0.5) is 0 Å². The number of nitrogens with zero attached hydrogens (tertiary/aromatic N) is 2. The molecule has 1 aromatic rings. The fourth-order valence-corrected chi connectivity index (χ4v) is 3.94. The predicted octanol–water partition coefficient (Wildman–Crippen LogP) is 3.67. The third-order valence-corrected chi connectivity index (χ3v) is 6.01. The maximum atomic E-state index is 11.8. The zero-order chi connectivity index (χ0) is 18.4. The smallest absolute Gasteiger partial charge is 0.222 e. The first kappa shape index (κ1) is 22.0. The molecule has 1 aromatic carbocycles. The summed E-state index contributed by atoms with van der Waals surface area (Å²) in [5, 5.41) is 6.92. The van der Waals surface area contributed by atoms with Crippen LogP contribution in [-0.4, -0.2) is 36.9 Å². The molecule has 1 aliphatic heterocycles. The van der Waals surface area contributed by atoms with E-state index >= 15 is 0 Å². The summed E-state index contributed by atoms with van der Waals surface area (Å²) in [6, 6.07) is 8.48. The number of hydrogen-bond donors (Lipinski definition) is 2. The number of carbonyl (C=O) groups excluding carboxylic acids is 1. The van der Waals surface area contributed by atoms with Gasteiger partial charge < -0.3 is 15.5 Å². The molecule has 1 saturated carbocycles. The molecule has 2 aliphatic rings. The summed E-state index contributed by atoms with van der Waals surface area (Å²) in [6.07, 6.45) is 6.92. The highest BCUT2D eigenvalue weighted by Crippen LogP contribution is 2.42. The van der Waals surface area contributed by atoms with E-state index in [0.29, 0.717) is 11.8 Å². The van der Waals surface area contributed by atoms with E-state index in [-0.39, 0.29) is 29.9 Å². The standard InChI is InChI=1S/C21H32N4O.HI/c1-3-21(10-6-11-21)16-24-20(22-2)23-14-17-7-4-8-18(13-17)15-25-12-5-9-19(25)26;/h4,7-8,13H,3,5-6,9-12,14-16H2,1-2H3,(H2,22,23,24);1H. The summed E-state index contributed by atoms with van der Waals surface area (Å²) in [7, 11) is 1.82. The maximum Gasteiger partial charge on any atom is 0.222 e. The number of nitrogens with one attached hydrogen (secondary N) is 2. The van der Waals surface area contributed by atoms with Crippen LogP contribution in [0.25, 0.3) is 0 Å². The number of benzene rings is 1. The van der Waals surface area contributed by atoms with Crippen molar-refractivity contribution < 1.29 is 4.79 Å². The third kappa shape index (κ3) is 5.83. The molecule has 0 bridgehead atoms. The van der Waals surface area contributed by atoms with Gasteiger partial charge in [0.2, 0.25) is 5.91 Å². The maximum absolute atomic E-state index is 11.8. The third-order valence-electron chi connectivity index (χ3n) is 6.01. The highest BCUT2D eigenvalue weighted by molar-refractivity contribution is 14.0. The van der Waals surface area contributed by atoms with Crippen LogP contribution in [0.1, 0.15) is 56.6 Å². The van der Waals surface area contributed by atoms with E-state index in [1.54, 1.807) is 0 Å². The second kappa shape index (κ2) is 10.3. The van der Waals surface area contributed by atoms with Gasteiger partial charge in [-0.25, -0.2) is 0 Å². The summed E-state index contributed by atoms with van der Waals surface area (Å²) in [4.78, 5) is 18.1. The molecular weight excluding hydrogens is 451 g/mol. The molecule has 0 aromatic heterocycles. The average Bonchev–Trinajstić information content (AvgIpc) is 3.02. The second-order valence-electron chi connectivity index (χ2n) is 7.73. The van der Waals surface area contributed by atoms with Gasteiger partial charge in [0.1, 0.15) is 0 Å². The Hall–Kier alpha value is -1.31. The summed E-state index contributed by atoms with van der Waals surface area (Å²) in [5.41, 5.74) is 2.88. The van der Waals surface area contributed by atoms with Gasteiger partial charge in [0, 0.05) is 39.6 Å². The molecule has 0 atom stereocenters. The van der Waals surface area contributed by atoms with Crippen molar-refractivity contribution in [3.05, 3.63) is 35.4 Å². The highest BCUT2D eigenvalue weighted by atomic mass is 127. The lowest BCUT2D eigenvalue weighted by Crippen LogP contribution is -2.46. The summed E-state index contributed by atoms with van der Waals surface area (Å²) in [6.45, 7) is 5.63. The quantitative estimate of drug-likeness (QED) is 0.353. The topological polar surface area (TPSA) is 56.7 Å². The zero-order valence-electron chi connectivity index (χ0n) is 16.6. The minimum absolute atomic E-state index is 0. The number of likely N-dealkylation sites (tertiary alicyclic amines) is 1. The molecule has 0 radical (unpaired) electrons. The molecule has 150 valence electrons. The summed E-state index contributed by atoms with van der Waals surface area (Å²) in [5.74, 6) is 1.14. The van der Waals surface area contributed by atoms with Crippen LogP contribution in [0.3, 0.4) is 0 Å².